The van der Waals surface area contributed by atoms with E-state index in [9.17, 15) is 26.4 Å². The van der Waals surface area contributed by atoms with Crippen LogP contribution in [0.15, 0.2) is 24.3 Å². The topological polar surface area (TPSA) is 74.7 Å². The maximum atomic E-state index is 12.9. The zero-order valence-electron chi connectivity index (χ0n) is 12.1. The first-order valence-corrected chi connectivity index (χ1v) is 8.58. The lowest BCUT2D eigenvalue weighted by atomic mass is 9.99. The van der Waals surface area contributed by atoms with E-state index in [4.69, 9.17) is 5.11 Å². The summed E-state index contributed by atoms with van der Waals surface area (Å²) in [6, 6.07) is 4.56. The van der Waals surface area contributed by atoms with Gasteiger partial charge in [-0.3, -0.25) is 4.79 Å². The largest absolute Gasteiger partial charge is 0.481 e. The molecule has 1 N–H and O–H groups in total. The highest BCUT2D eigenvalue weighted by molar-refractivity contribution is 7.88. The summed E-state index contributed by atoms with van der Waals surface area (Å²) in [5, 5.41) is 8.90. The average molecular weight is 351 g/mol. The minimum absolute atomic E-state index is 0.00743. The molecule has 1 saturated heterocycles. The van der Waals surface area contributed by atoms with Crippen LogP contribution >= 0.6 is 0 Å². The molecular formula is C14H16F3NO4S. The number of alkyl halides is 3. The summed E-state index contributed by atoms with van der Waals surface area (Å²) in [5.41, 5.74) is -1.27. The number of rotatable bonds is 4. The number of hydrogen-bond donors (Lipinski definition) is 1. The van der Waals surface area contributed by atoms with Crippen LogP contribution in [0.5, 0.6) is 0 Å². The lowest BCUT2D eigenvalue weighted by molar-refractivity contribution is -0.143. The molecule has 0 saturated carbocycles. The van der Waals surface area contributed by atoms with Gasteiger partial charge in [0.05, 0.1) is 17.2 Å². The smallest absolute Gasteiger partial charge is 0.416 e. The molecule has 1 heterocycles. The molecule has 0 radical (unpaired) electrons. The van der Waals surface area contributed by atoms with Gasteiger partial charge < -0.3 is 5.11 Å². The van der Waals surface area contributed by atoms with Crippen molar-refractivity contribution < 1.29 is 31.5 Å². The third-order valence-electron chi connectivity index (χ3n) is 3.86. The second kappa shape index (κ2) is 6.48. The van der Waals surface area contributed by atoms with Gasteiger partial charge in [-0.2, -0.15) is 13.2 Å². The molecule has 128 valence electrons. The lowest BCUT2D eigenvalue weighted by Gasteiger charge is -2.29. The van der Waals surface area contributed by atoms with Gasteiger partial charge in [-0.25, -0.2) is 12.7 Å². The van der Waals surface area contributed by atoms with E-state index in [1.807, 2.05) is 0 Å². The van der Waals surface area contributed by atoms with Crippen molar-refractivity contribution in [3.05, 3.63) is 35.4 Å². The molecule has 1 aromatic rings. The summed E-state index contributed by atoms with van der Waals surface area (Å²) >= 11 is 0. The van der Waals surface area contributed by atoms with Gasteiger partial charge in [0.2, 0.25) is 10.0 Å². The molecule has 9 heteroatoms. The Hall–Kier alpha value is -1.61. The maximum Gasteiger partial charge on any atom is 0.416 e. The molecule has 0 atom stereocenters. The van der Waals surface area contributed by atoms with Crippen molar-refractivity contribution in [1.29, 1.82) is 0 Å². The summed E-state index contributed by atoms with van der Waals surface area (Å²) in [6.45, 7) is 0.0149. The van der Waals surface area contributed by atoms with Crippen LogP contribution in [0.4, 0.5) is 13.2 Å². The van der Waals surface area contributed by atoms with Crippen LogP contribution in [0, 0.1) is 5.92 Å². The number of aliphatic carboxylic acids is 1. The Labute approximate surface area is 131 Å². The highest BCUT2D eigenvalue weighted by atomic mass is 32.2. The van der Waals surface area contributed by atoms with Gasteiger partial charge in [0.1, 0.15) is 0 Å². The van der Waals surface area contributed by atoms with E-state index >= 15 is 0 Å². The first-order chi connectivity index (χ1) is 10.6. The third-order valence-corrected chi connectivity index (χ3v) is 5.68. The number of sulfonamides is 1. The van der Waals surface area contributed by atoms with E-state index in [0.29, 0.717) is 0 Å². The maximum absolute atomic E-state index is 12.9. The fraction of sp³-hybridized carbons (Fsp3) is 0.500. The van der Waals surface area contributed by atoms with Crippen LogP contribution in [0.25, 0.3) is 0 Å². The number of hydrogen-bond acceptors (Lipinski definition) is 3. The Kier molecular flexibility index (Phi) is 5.00. The average Bonchev–Trinajstić information content (AvgIpc) is 2.46. The quantitative estimate of drug-likeness (QED) is 0.903. The van der Waals surface area contributed by atoms with Crippen LogP contribution in [-0.2, 0) is 26.7 Å². The molecule has 0 unspecified atom stereocenters. The highest BCUT2D eigenvalue weighted by Crippen LogP contribution is 2.33. The van der Waals surface area contributed by atoms with E-state index in [2.05, 4.69) is 0 Å². The van der Waals surface area contributed by atoms with Gasteiger partial charge >= 0.3 is 12.1 Å². The second-order valence-corrected chi connectivity index (χ2v) is 7.39. The number of nitrogens with zero attached hydrogens (tertiary/aromatic N) is 1. The number of halogens is 3. The number of carboxylic acids is 1. The first kappa shape index (κ1) is 17.7. The van der Waals surface area contributed by atoms with Crippen molar-refractivity contribution >= 4 is 16.0 Å². The molecule has 5 nitrogen and oxygen atoms in total. The Morgan fingerprint density at radius 2 is 1.78 bits per heavy atom. The molecule has 23 heavy (non-hydrogen) atoms. The van der Waals surface area contributed by atoms with Crippen molar-refractivity contribution in [2.45, 2.75) is 24.8 Å². The van der Waals surface area contributed by atoms with Gasteiger partial charge in [-0.1, -0.05) is 18.2 Å². The van der Waals surface area contributed by atoms with Crippen LogP contribution in [-0.4, -0.2) is 36.9 Å². The molecule has 0 aliphatic carbocycles. The van der Waals surface area contributed by atoms with E-state index in [1.54, 1.807) is 0 Å². The van der Waals surface area contributed by atoms with Crippen molar-refractivity contribution in [3.8, 4) is 0 Å². The number of carboxylic acid groups (broad SMARTS) is 1. The lowest BCUT2D eigenvalue weighted by Crippen LogP contribution is -2.40. The molecule has 1 aliphatic heterocycles. The van der Waals surface area contributed by atoms with E-state index in [0.717, 1.165) is 16.4 Å². The number of piperidine rings is 1. The molecule has 0 bridgehead atoms. The monoisotopic (exact) mass is 351 g/mol. The summed E-state index contributed by atoms with van der Waals surface area (Å²) in [6.07, 6.45) is -4.30. The predicted octanol–water partition coefficient (Wildman–Crippen LogP) is 2.33. The van der Waals surface area contributed by atoms with Gasteiger partial charge in [-0.05, 0) is 24.5 Å². The molecule has 1 fully saturated rings. The third kappa shape index (κ3) is 4.23. The van der Waals surface area contributed by atoms with Crippen LogP contribution in [0.1, 0.15) is 24.0 Å². The van der Waals surface area contributed by atoms with Crippen molar-refractivity contribution in [1.82, 2.24) is 4.31 Å². The summed E-state index contributed by atoms with van der Waals surface area (Å²) in [4.78, 5) is 10.9. The van der Waals surface area contributed by atoms with E-state index < -0.39 is 39.4 Å². The Morgan fingerprint density at radius 3 is 2.30 bits per heavy atom. The van der Waals surface area contributed by atoms with E-state index in [1.165, 1.54) is 12.1 Å². The van der Waals surface area contributed by atoms with Crippen LogP contribution < -0.4 is 0 Å². The Bertz CT molecular complexity index is 680. The van der Waals surface area contributed by atoms with Gasteiger partial charge in [-0.15, -0.1) is 0 Å². The summed E-state index contributed by atoms with van der Waals surface area (Å²) in [5.74, 6) is -2.34. The molecule has 0 aromatic heterocycles. The normalized spacial score (nSPS) is 18.0. The minimum atomic E-state index is -4.62. The number of carbonyl (C=O) groups is 1. The molecular weight excluding hydrogens is 335 g/mol. The Morgan fingerprint density at radius 1 is 1.22 bits per heavy atom. The fourth-order valence-electron chi connectivity index (χ4n) is 2.59. The van der Waals surface area contributed by atoms with Crippen molar-refractivity contribution in [2.75, 3.05) is 13.1 Å². The molecule has 0 amide bonds. The predicted molar refractivity (Wildman–Crippen MR) is 76.0 cm³/mol. The second-order valence-electron chi connectivity index (χ2n) is 5.42. The van der Waals surface area contributed by atoms with E-state index in [-0.39, 0.29) is 31.5 Å². The molecule has 0 spiro atoms. The van der Waals surface area contributed by atoms with Crippen molar-refractivity contribution in [3.63, 3.8) is 0 Å². The Balaban J connectivity index is 2.16. The van der Waals surface area contributed by atoms with Crippen LogP contribution in [0.2, 0.25) is 0 Å². The summed E-state index contributed by atoms with van der Waals surface area (Å²) < 4.78 is 64.5. The molecule has 1 aliphatic rings. The van der Waals surface area contributed by atoms with Gasteiger partial charge in [0.25, 0.3) is 0 Å². The molecule has 2 rings (SSSR count). The first-order valence-electron chi connectivity index (χ1n) is 6.97. The fourth-order valence-corrected chi connectivity index (χ4v) is 4.19. The van der Waals surface area contributed by atoms with Crippen LogP contribution in [0.3, 0.4) is 0 Å². The highest BCUT2D eigenvalue weighted by Gasteiger charge is 2.36. The SMILES string of the molecule is O=C(O)C1CCN(S(=O)(=O)Cc2ccccc2C(F)(F)F)CC1. The van der Waals surface area contributed by atoms with Gasteiger partial charge in [0, 0.05) is 13.1 Å². The summed E-state index contributed by atoms with van der Waals surface area (Å²) in [7, 11) is -3.93. The zero-order chi connectivity index (χ0) is 17.3. The van der Waals surface area contributed by atoms with Crippen molar-refractivity contribution in [2.24, 2.45) is 5.92 Å². The minimum Gasteiger partial charge on any atom is -0.481 e. The standard InChI is InChI=1S/C14H16F3NO4S/c15-14(16,17)12-4-2-1-3-11(12)9-23(21,22)18-7-5-10(6-8-18)13(19)20/h1-4,10H,5-9H2,(H,19,20). The zero-order valence-corrected chi connectivity index (χ0v) is 12.9. The number of benzene rings is 1. The van der Waals surface area contributed by atoms with Gasteiger partial charge in [0.15, 0.2) is 0 Å². The molecule has 1 aromatic carbocycles.